The van der Waals surface area contributed by atoms with Crippen molar-refractivity contribution in [1.29, 1.82) is 0 Å². The summed E-state index contributed by atoms with van der Waals surface area (Å²) in [6.45, 7) is -0.602. The van der Waals surface area contributed by atoms with E-state index in [4.69, 9.17) is 5.73 Å². The van der Waals surface area contributed by atoms with Crippen LogP contribution < -0.4 is 5.73 Å². The van der Waals surface area contributed by atoms with Crippen molar-refractivity contribution in [3.8, 4) is 0 Å². The Morgan fingerprint density at radius 3 is 2.43 bits per heavy atom. The number of hydrogen-bond acceptors (Lipinski definition) is 2. The van der Waals surface area contributed by atoms with E-state index >= 15 is 0 Å². The Morgan fingerprint density at radius 1 is 1.50 bits per heavy atom. The molecule has 2 atom stereocenters. The van der Waals surface area contributed by atoms with Gasteiger partial charge in [-0.3, -0.25) is 4.90 Å². The lowest BCUT2D eigenvalue weighted by atomic mass is 10.0. The maximum Gasteiger partial charge on any atom is 0.413 e. The van der Waals surface area contributed by atoms with Crippen LogP contribution >= 0.6 is 22.6 Å². The second kappa shape index (κ2) is 4.09. The summed E-state index contributed by atoms with van der Waals surface area (Å²) in [5, 5.41) is 0. The van der Waals surface area contributed by atoms with Crippen LogP contribution in [0, 0.1) is 0 Å². The van der Waals surface area contributed by atoms with Gasteiger partial charge in [-0.2, -0.15) is 13.2 Å². The fourth-order valence-corrected chi connectivity index (χ4v) is 1.91. The third-order valence-electron chi connectivity index (χ3n) is 2.27. The molecule has 0 amide bonds. The Bertz CT molecular complexity index is 210. The first-order chi connectivity index (χ1) is 6.28. The van der Waals surface area contributed by atoms with Crippen LogP contribution in [0.4, 0.5) is 17.6 Å². The molecule has 0 aromatic carbocycles. The summed E-state index contributed by atoms with van der Waals surface area (Å²) >= 11 is 1.31. The molecular weight excluding hydrogens is 315 g/mol. The van der Waals surface area contributed by atoms with Crippen LogP contribution in [0.15, 0.2) is 0 Å². The molecule has 1 heterocycles. The van der Waals surface area contributed by atoms with E-state index in [1.165, 1.54) is 27.5 Å². The van der Waals surface area contributed by atoms with Gasteiger partial charge in [0.1, 0.15) is 6.67 Å². The Balaban J connectivity index is 2.58. The molecule has 0 aromatic rings. The third kappa shape index (κ3) is 2.69. The summed E-state index contributed by atoms with van der Waals surface area (Å²) in [4.78, 5) is 1.17. The van der Waals surface area contributed by atoms with E-state index in [1.54, 1.807) is 0 Å². The zero-order valence-electron chi connectivity index (χ0n) is 7.32. The van der Waals surface area contributed by atoms with Gasteiger partial charge in [0.2, 0.25) is 0 Å². The second-order valence-electron chi connectivity index (χ2n) is 3.59. The standard InChI is InChI=1S/C7H11F4IN2/c8-3-6(13)1-2-14(4-6)5(12)7(9,10)11/h5H,1-4,13H2. The van der Waals surface area contributed by atoms with E-state index in [0.717, 1.165) is 0 Å². The Kier molecular flexibility index (Phi) is 3.63. The minimum absolute atomic E-state index is 0.0311. The van der Waals surface area contributed by atoms with Gasteiger partial charge in [-0.1, -0.05) is 22.6 Å². The molecule has 0 aliphatic carbocycles. The molecule has 0 aromatic heterocycles. The zero-order valence-corrected chi connectivity index (χ0v) is 9.48. The van der Waals surface area contributed by atoms with Gasteiger partial charge < -0.3 is 5.73 Å². The highest BCUT2D eigenvalue weighted by molar-refractivity contribution is 14.1. The fourth-order valence-electron chi connectivity index (χ4n) is 1.44. The molecule has 1 fully saturated rings. The normalized spacial score (nSPS) is 32.1. The van der Waals surface area contributed by atoms with E-state index in [2.05, 4.69) is 0 Å². The number of nitrogens with zero attached hydrogens (tertiary/aromatic N) is 1. The number of hydrogen-bond donors (Lipinski definition) is 1. The molecule has 0 bridgehead atoms. The van der Waals surface area contributed by atoms with Crippen LogP contribution in [0.2, 0.25) is 0 Å². The number of alkyl halides is 5. The van der Waals surface area contributed by atoms with Gasteiger partial charge in [0, 0.05) is 13.1 Å². The van der Waals surface area contributed by atoms with E-state index in [1.807, 2.05) is 0 Å². The molecule has 7 heteroatoms. The van der Waals surface area contributed by atoms with Crippen LogP contribution in [-0.4, -0.2) is 40.4 Å². The first kappa shape index (κ1) is 12.4. The minimum atomic E-state index is -4.28. The molecule has 2 nitrogen and oxygen atoms in total. The van der Waals surface area contributed by atoms with E-state index in [0.29, 0.717) is 0 Å². The molecule has 1 aliphatic heterocycles. The highest BCUT2D eigenvalue weighted by Crippen LogP contribution is 2.33. The van der Waals surface area contributed by atoms with Gasteiger partial charge in [-0.05, 0) is 6.42 Å². The molecule has 2 N–H and O–H groups in total. The molecule has 84 valence electrons. The van der Waals surface area contributed by atoms with Gasteiger partial charge in [-0.25, -0.2) is 4.39 Å². The second-order valence-corrected chi connectivity index (χ2v) is 4.77. The van der Waals surface area contributed by atoms with Gasteiger partial charge in [0.25, 0.3) is 0 Å². The molecule has 1 saturated heterocycles. The first-order valence-corrected chi connectivity index (χ1v) is 5.33. The maximum atomic E-state index is 12.4. The molecule has 0 saturated carbocycles. The Labute approximate surface area is 92.9 Å². The average Bonchev–Trinajstić information content (AvgIpc) is 2.46. The molecule has 2 unspecified atom stereocenters. The molecule has 1 rings (SSSR count). The van der Waals surface area contributed by atoms with Gasteiger partial charge in [0.05, 0.1) is 5.54 Å². The predicted molar refractivity (Wildman–Crippen MR) is 52.9 cm³/mol. The smallest absolute Gasteiger partial charge is 0.322 e. The first-order valence-electron chi connectivity index (χ1n) is 4.08. The predicted octanol–water partition coefficient (Wildman–Crippen LogP) is 1.68. The number of rotatable bonds is 2. The Hall–Kier alpha value is 0.370. The van der Waals surface area contributed by atoms with Gasteiger partial charge in [-0.15, -0.1) is 0 Å². The molecular formula is C7H11F4IN2. The fraction of sp³-hybridized carbons (Fsp3) is 1.00. The molecule has 1 aliphatic rings. The van der Waals surface area contributed by atoms with Crippen LogP contribution in [-0.2, 0) is 0 Å². The lowest BCUT2D eigenvalue weighted by Crippen LogP contribution is -2.48. The summed E-state index contributed by atoms with van der Waals surface area (Å²) < 4.78 is 47.6. The summed E-state index contributed by atoms with van der Waals surface area (Å²) in [5.74, 6) is 0. The van der Waals surface area contributed by atoms with E-state index < -0.39 is 22.4 Å². The van der Waals surface area contributed by atoms with Crippen LogP contribution in [0.25, 0.3) is 0 Å². The molecule has 14 heavy (non-hydrogen) atoms. The zero-order chi connectivity index (χ0) is 11.0. The number of likely N-dealkylation sites (tertiary alicyclic amines) is 1. The van der Waals surface area contributed by atoms with Crippen LogP contribution in [0.5, 0.6) is 0 Å². The molecule has 0 radical (unpaired) electrons. The largest absolute Gasteiger partial charge is 0.413 e. The summed E-state index contributed by atoms with van der Waals surface area (Å²) in [7, 11) is 0. The third-order valence-corrected chi connectivity index (χ3v) is 3.77. The molecule has 0 spiro atoms. The van der Waals surface area contributed by atoms with Crippen molar-refractivity contribution in [3.63, 3.8) is 0 Å². The summed E-state index contributed by atoms with van der Waals surface area (Å²) in [6, 6.07) is 0. The van der Waals surface area contributed by atoms with Crippen molar-refractivity contribution in [2.75, 3.05) is 19.8 Å². The van der Waals surface area contributed by atoms with E-state index in [-0.39, 0.29) is 19.5 Å². The minimum Gasteiger partial charge on any atom is -0.322 e. The summed E-state index contributed by atoms with van der Waals surface area (Å²) in [5.41, 5.74) is 4.45. The van der Waals surface area contributed by atoms with Crippen LogP contribution in [0.1, 0.15) is 6.42 Å². The monoisotopic (exact) mass is 326 g/mol. The number of halogens is 5. The van der Waals surface area contributed by atoms with Crippen molar-refractivity contribution in [2.24, 2.45) is 5.73 Å². The van der Waals surface area contributed by atoms with Crippen molar-refractivity contribution in [2.45, 2.75) is 22.2 Å². The van der Waals surface area contributed by atoms with Crippen LogP contribution in [0.3, 0.4) is 0 Å². The van der Waals surface area contributed by atoms with E-state index in [9.17, 15) is 17.6 Å². The quantitative estimate of drug-likeness (QED) is 0.362. The highest BCUT2D eigenvalue weighted by Gasteiger charge is 2.47. The lowest BCUT2D eigenvalue weighted by molar-refractivity contribution is -0.150. The lowest BCUT2D eigenvalue weighted by Gasteiger charge is -2.26. The maximum absolute atomic E-state index is 12.4. The van der Waals surface area contributed by atoms with Crippen molar-refractivity contribution in [3.05, 3.63) is 0 Å². The van der Waals surface area contributed by atoms with Gasteiger partial charge >= 0.3 is 6.18 Å². The summed E-state index contributed by atoms with van der Waals surface area (Å²) in [6.07, 6.45) is -4.00. The van der Waals surface area contributed by atoms with Gasteiger partial charge in [0.15, 0.2) is 4.05 Å². The van der Waals surface area contributed by atoms with Crippen molar-refractivity contribution >= 4 is 22.6 Å². The van der Waals surface area contributed by atoms with Crippen molar-refractivity contribution in [1.82, 2.24) is 4.90 Å². The topological polar surface area (TPSA) is 29.3 Å². The number of nitrogens with two attached hydrogens (primary N) is 1. The highest BCUT2D eigenvalue weighted by atomic mass is 127. The Morgan fingerprint density at radius 2 is 2.07 bits per heavy atom. The average molecular weight is 326 g/mol. The van der Waals surface area contributed by atoms with Crippen molar-refractivity contribution < 1.29 is 17.6 Å². The SMILES string of the molecule is NC1(CF)CCN(C(I)C(F)(F)F)C1.